The molecule has 0 bridgehead atoms. The van der Waals surface area contributed by atoms with Gasteiger partial charge in [-0.25, -0.2) is 9.97 Å². The van der Waals surface area contributed by atoms with E-state index in [0.717, 1.165) is 49.8 Å². The number of hydrogen-bond donors (Lipinski definition) is 1. The molecule has 118 valence electrons. The minimum Gasteiger partial charge on any atom is -0.367 e. The maximum atomic E-state index is 6.15. The summed E-state index contributed by atoms with van der Waals surface area (Å²) in [5.74, 6) is 0.902. The van der Waals surface area contributed by atoms with E-state index in [-0.39, 0.29) is 5.60 Å². The summed E-state index contributed by atoms with van der Waals surface area (Å²) in [5, 5.41) is 3.37. The normalized spacial score (nSPS) is 17.9. The number of aryl methyl sites for hydroxylation is 2. The Kier molecular flexibility index (Phi) is 5.71. The molecule has 0 aromatic carbocycles. The maximum Gasteiger partial charge on any atom is 0.160 e. The summed E-state index contributed by atoms with van der Waals surface area (Å²) in [6, 6.07) is 0. The molecule has 1 aromatic heterocycles. The van der Waals surface area contributed by atoms with Crippen molar-refractivity contribution in [2.45, 2.75) is 71.9 Å². The summed E-state index contributed by atoms with van der Waals surface area (Å²) in [5.41, 5.74) is 3.15. The van der Waals surface area contributed by atoms with Crippen molar-refractivity contribution in [3.05, 3.63) is 22.8 Å². The topological polar surface area (TPSA) is 47.0 Å². The average Bonchev–Trinajstić information content (AvgIpc) is 2.47. The first-order valence-electron chi connectivity index (χ1n) is 8.32. The van der Waals surface area contributed by atoms with E-state index < -0.39 is 0 Å². The third kappa shape index (κ3) is 3.61. The fourth-order valence-corrected chi connectivity index (χ4v) is 3.28. The van der Waals surface area contributed by atoms with Gasteiger partial charge in [-0.15, -0.1) is 0 Å². The largest absolute Gasteiger partial charge is 0.367 e. The second kappa shape index (κ2) is 7.32. The quantitative estimate of drug-likeness (QED) is 0.872. The Hall–Kier alpha value is -1.00. The third-order valence-electron chi connectivity index (χ3n) is 4.46. The Morgan fingerprint density at radius 2 is 1.67 bits per heavy atom. The van der Waals surface area contributed by atoms with Crippen LogP contribution in [0.25, 0.3) is 0 Å². The average molecular weight is 291 g/mol. The molecule has 0 saturated heterocycles. The predicted octanol–water partition coefficient (Wildman–Crippen LogP) is 3.40. The van der Waals surface area contributed by atoms with Gasteiger partial charge in [-0.2, -0.15) is 0 Å². The van der Waals surface area contributed by atoms with Crippen molar-refractivity contribution in [2.75, 3.05) is 13.2 Å². The molecule has 1 aliphatic carbocycles. The molecule has 4 heteroatoms. The van der Waals surface area contributed by atoms with Crippen LogP contribution in [0.3, 0.4) is 0 Å². The highest BCUT2D eigenvalue weighted by Crippen LogP contribution is 2.39. The van der Waals surface area contributed by atoms with Crippen LogP contribution in [0.2, 0.25) is 0 Å². The molecule has 1 aliphatic rings. The molecule has 0 aliphatic heterocycles. The Bertz CT molecular complexity index is 439. The van der Waals surface area contributed by atoms with Crippen molar-refractivity contribution in [2.24, 2.45) is 0 Å². The highest BCUT2D eigenvalue weighted by atomic mass is 16.5. The van der Waals surface area contributed by atoms with E-state index in [9.17, 15) is 0 Å². The first-order valence-corrected chi connectivity index (χ1v) is 8.32. The van der Waals surface area contributed by atoms with Crippen molar-refractivity contribution in [1.82, 2.24) is 15.3 Å². The van der Waals surface area contributed by atoms with Crippen LogP contribution in [0.4, 0.5) is 0 Å². The first-order chi connectivity index (χ1) is 10.1. The molecule has 1 fully saturated rings. The summed E-state index contributed by atoms with van der Waals surface area (Å²) < 4.78 is 6.15. The van der Waals surface area contributed by atoms with E-state index in [4.69, 9.17) is 14.7 Å². The van der Waals surface area contributed by atoms with Gasteiger partial charge in [0.15, 0.2) is 5.82 Å². The summed E-state index contributed by atoms with van der Waals surface area (Å²) in [4.78, 5) is 9.65. The second-order valence-electron chi connectivity index (χ2n) is 5.96. The van der Waals surface area contributed by atoms with Gasteiger partial charge in [0.05, 0.1) is 0 Å². The number of nitrogens with one attached hydrogen (secondary N) is 1. The standard InChI is InChI=1S/C17H29N3O/c1-5-18-12-15-13(3)19-16(20-14(15)4)17(21-6-2)10-8-7-9-11-17/h18H,5-12H2,1-4H3. The van der Waals surface area contributed by atoms with Gasteiger partial charge in [-0.1, -0.05) is 26.2 Å². The maximum absolute atomic E-state index is 6.15. The molecular formula is C17H29N3O. The zero-order valence-electron chi connectivity index (χ0n) is 14.0. The van der Waals surface area contributed by atoms with Gasteiger partial charge < -0.3 is 10.1 Å². The molecule has 1 N–H and O–H groups in total. The first kappa shape index (κ1) is 16.4. The van der Waals surface area contributed by atoms with Crippen LogP contribution >= 0.6 is 0 Å². The van der Waals surface area contributed by atoms with E-state index in [1.54, 1.807) is 0 Å². The van der Waals surface area contributed by atoms with E-state index in [2.05, 4.69) is 33.0 Å². The highest BCUT2D eigenvalue weighted by Gasteiger charge is 2.37. The zero-order chi connectivity index (χ0) is 15.3. The lowest BCUT2D eigenvalue weighted by atomic mass is 9.83. The van der Waals surface area contributed by atoms with Gasteiger partial charge in [-0.05, 0) is 40.2 Å². The lowest BCUT2D eigenvalue weighted by Gasteiger charge is -2.36. The number of aromatic nitrogens is 2. The Morgan fingerprint density at radius 3 is 2.19 bits per heavy atom. The fourth-order valence-electron chi connectivity index (χ4n) is 3.28. The van der Waals surface area contributed by atoms with Crippen LogP contribution in [-0.2, 0) is 16.9 Å². The van der Waals surface area contributed by atoms with Gasteiger partial charge in [0, 0.05) is 30.1 Å². The summed E-state index contributed by atoms with van der Waals surface area (Å²) in [6.07, 6.45) is 5.81. The van der Waals surface area contributed by atoms with Crippen LogP contribution < -0.4 is 5.32 Å². The molecule has 0 radical (unpaired) electrons. The van der Waals surface area contributed by atoms with Crippen LogP contribution in [0.1, 0.15) is 68.7 Å². The summed E-state index contributed by atoms with van der Waals surface area (Å²) in [7, 11) is 0. The molecule has 0 spiro atoms. The van der Waals surface area contributed by atoms with Crippen LogP contribution in [-0.4, -0.2) is 23.1 Å². The van der Waals surface area contributed by atoms with Gasteiger partial charge in [-0.3, -0.25) is 0 Å². The molecule has 21 heavy (non-hydrogen) atoms. The molecule has 0 atom stereocenters. The van der Waals surface area contributed by atoms with Gasteiger partial charge in [0.25, 0.3) is 0 Å². The smallest absolute Gasteiger partial charge is 0.160 e. The molecule has 1 heterocycles. The lowest BCUT2D eigenvalue weighted by molar-refractivity contribution is -0.0769. The summed E-state index contributed by atoms with van der Waals surface area (Å²) in [6.45, 7) is 10.9. The molecule has 1 aromatic rings. The monoisotopic (exact) mass is 291 g/mol. The van der Waals surface area contributed by atoms with Gasteiger partial charge >= 0.3 is 0 Å². The van der Waals surface area contributed by atoms with E-state index >= 15 is 0 Å². The van der Waals surface area contributed by atoms with E-state index in [1.165, 1.54) is 24.8 Å². The number of ether oxygens (including phenoxy) is 1. The molecule has 0 unspecified atom stereocenters. The molecular weight excluding hydrogens is 262 g/mol. The number of rotatable bonds is 6. The number of nitrogens with zero attached hydrogens (tertiary/aromatic N) is 2. The molecule has 1 saturated carbocycles. The van der Waals surface area contributed by atoms with Crippen LogP contribution in [0.15, 0.2) is 0 Å². The minimum absolute atomic E-state index is 0.251. The third-order valence-corrected chi connectivity index (χ3v) is 4.46. The Labute approximate surface area is 128 Å². The molecule has 0 amide bonds. The van der Waals surface area contributed by atoms with Crippen molar-refractivity contribution in [1.29, 1.82) is 0 Å². The van der Waals surface area contributed by atoms with Crippen LogP contribution in [0, 0.1) is 13.8 Å². The second-order valence-corrected chi connectivity index (χ2v) is 5.96. The van der Waals surface area contributed by atoms with Crippen LogP contribution in [0.5, 0.6) is 0 Å². The zero-order valence-corrected chi connectivity index (χ0v) is 14.0. The van der Waals surface area contributed by atoms with Crippen molar-refractivity contribution >= 4 is 0 Å². The highest BCUT2D eigenvalue weighted by molar-refractivity contribution is 5.26. The molecule has 4 nitrogen and oxygen atoms in total. The number of hydrogen-bond acceptors (Lipinski definition) is 4. The minimum atomic E-state index is -0.251. The van der Waals surface area contributed by atoms with Gasteiger partial charge in [0.2, 0.25) is 0 Å². The summed E-state index contributed by atoms with van der Waals surface area (Å²) >= 11 is 0. The SMILES string of the molecule is CCNCc1c(C)nc(C2(OCC)CCCCC2)nc1C. The van der Waals surface area contributed by atoms with E-state index in [0.29, 0.717) is 0 Å². The molecule has 2 rings (SSSR count). The predicted molar refractivity (Wildman–Crippen MR) is 85.3 cm³/mol. The Morgan fingerprint density at radius 1 is 1.05 bits per heavy atom. The lowest BCUT2D eigenvalue weighted by Crippen LogP contribution is -2.35. The van der Waals surface area contributed by atoms with E-state index in [1.807, 2.05) is 0 Å². The Balaban J connectivity index is 2.33. The van der Waals surface area contributed by atoms with Gasteiger partial charge in [0.1, 0.15) is 5.60 Å². The van der Waals surface area contributed by atoms with Crippen molar-refractivity contribution in [3.8, 4) is 0 Å². The van der Waals surface area contributed by atoms with Crippen molar-refractivity contribution in [3.63, 3.8) is 0 Å². The van der Waals surface area contributed by atoms with Crippen molar-refractivity contribution < 1.29 is 4.74 Å². The fraction of sp³-hybridized carbons (Fsp3) is 0.765.